The first-order valence-electron chi connectivity index (χ1n) is 5.10. The number of hydrogen-bond donors (Lipinski definition) is 2. The molecule has 0 saturated heterocycles. The van der Waals surface area contributed by atoms with Gasteiger partial charge in [0.15, 0.2) is 0 Å². The number of carbonyl (C=O) groups is 1. The van der Waals surface area contributed by atoms with Crippen molar-refractivity contribution in [3.63, 3.8) is 0 Å². The Kier molecular flexibility index (Phi) is 4.59. The quantitative estimate of drug-likeness (QED) is 0.769. The summed E-state index contributed by atoms with van der Waals surface area (Å²) in [6.45, 7) is 2.44. The van der Waals surface area contributed by atoms with Crippen LogP contribution in [0.4, 0.5) is 0 Å². The van der Waals surface area contributed by atoms with E-state index in [2.05, 4.69) is 15.0 Å². The number of nitrogens with one attached hydrogen (secondary N) is 2. The maximum absolute atomic E-state index is 11.5. The number of aromatic nitrogens is 1. The van der Waals surface area contributed by atoms with E-state index in [0.29, 0.717) is 17.8 Å². The maximum Gasteiger partial charge on any atom is 0.251 e. The van der Waals surface area contributed by atoms with Gasteiger partial charge in [0.2, 0.25) is 10.0 Å². The first kappa shape index (κ1) is 13.6. The van der Waals surface area contributed by atoms with Gasteiger partial charge in [0, 0.05) is 18.3 Å². The van der Waals surface area contributed by atoms with E-state index >= 15 is 0 Å². The highest BCUT2D eigenvalue weighted by molar-refractivity contribution is 7.88. The van der Waals surface area contributed by atoms with Gasteiger partial charge in [-0.05, 0) is 19.1 Å². The fourth-order valence-electron chi connectivity index (χ4n) is 1.18. The Balaban J connectivity index is 2.76. The summed E-state index contributed by atoms with van der Waals surface area (Å²) in [5, 5.41) is 2.66. The van der Waals surface area contributed by atoms with Crippen LogP contribution in [-0.2, 0) is 16.6 Å². The number of carbonyl (C=O) groups excluding carboxylic acids is 1. The normalized spacial score (nSPS) is 11.2. The van der Waals surface area contributed by atoms with Gasteiger partial charge in [0.1, 0.15) is 0 Å². The molecule has 0 fully saturated rings. The fraction of sp³-hybridized carbons (Fsp3) is 0.400. The highest BCUT2D eigenvalue weighted by atomic mass is 32.2. The maximum atomic E-state index is 11.5. The molecule has 0 atom stereocenters. The Hall–Kier alpha value is -1.47. The summed E-state index contributed by atoms with van der Waals surface area (Å²) in [7, 11) is -3.26. The van der Waals surface area contributed by atoms with E-state index in [9.17, 15) is 13.2 Å². The average molecular weight is 257 g/mol. The molecule has 1 aromatic rings. The molecule has 1 heterocycles. The Morgan fingerprint density at radius 2 is 2.18 bits per heavy atom. The van der Waals surface area contributed by atoms with E-state index in [1.54, 1.807) is 12.1 Å². The van der Waals surface area contributed by atoms with Crippen molar-refractivity contribution in [2.24, 2.45) is 0 Å². The van der Waals surface area contributed by atoms with Crippen molar-refractivity contribution >= 4 is 15.9 Å². The van der Waals surface area contributed by atoms with Gasteiger partial charge in [-0.25, -0.2) is 13.1 Å². The lowest BCUT2D eigenvalue weighted by Gasteiger charge is -2.05. The minimum atomic E-state index is -3.26. The molecule has 17 heavy (non-hydrogen) atoms. The zero-order chi connectivity index (χ0) is 12.9. The van der Waals surface area contributed by atoms with Crippen molar-refractivity contribution in [2.45, 2.75) is 13.5 Å². The molecule has 1 rings (SSSR count). The van der Waals surface area contributed by atoms with Gasteiger partial charge in [-0.2, -0.15) is 0 Å². The Morgan fingerprint density at radius 3 is 2.76 bits per heavy atom. The summed E-state index contributed by atoms with van der Waals surface area (Å²) in [5.41, 5.74) is 0.964. The van der Waals surface area contributed by atoms with Crippen LogP contribution in [-0.4, -0.2) is 32.1 Å². The standard InChI is InChI=1S/C10H15N3O3S/c1-3-11-10(14)8-4-5-12-9(6-8)7-13-17(2,15)16/h4-6,13H,3,7H2,1-2H3,(H,11,14). The van der Waals surface area contributed by atoms with Gasteiger partial charge < -0.3 is 5.32 Å². The van der Waals surface area contributed by atoms with Crippen LogP contribution in [0.15, 0.2) is 18.3 Å². The minimum absolute atomic E-state index is 0.0755. The molecule has 6 nitrogen and oxygen atoms in total. The number of rotatable bonds is 5. The Bertz CT molecular complexity index is 499. The van der Waals surface area contributed by atoms with Crippen molar-refractivity contribution in [3.8, 4) is 0 Å². The van der Waals surface area contributed by atoms with Crippen molar-refractivity contribution in [1.82, 2.24) is 15.0 Å². The topological polar surface area (TPSA) is 88.2 Å². The molecule has 7 heteroatoms. The third kappa shape index (κ3) is 4.92. The van der Waals surface area contributed by atoms with Crippen LogP contribution in [0.1, 0.15) is 23.0 Å². The zero-order valence-electron chi connectivity index (χ0n) is 9.73. The Labute approximate surface area is 100 Å². The molecule has 0 spiro atoms. The van der Waals surface area contributed by atoms with Crippen LogP contribution < -0.4 is 10.0 Å². The van der Waals surface area contributed by atoms with Crippen molar-refractivity contribution in [3.05, 3.63) is 29.6 Å². The number of hydrogen-bond acceptors (Lipinski definition) is 4. The lowest BCUT2D eigenvalue weighted by atomic mass is 10.2. The molecule has 0 aliphatic rings. The second-order valence-electron chi connectivity index (χ2n) is 3.49. The average Bonchev–Trinajstić information content (AvgIpc) is 2.26. The van der Waals surface area contributed by atoms with E-state index in [0.717, 1.165) is 6.26 Å². The van der Waals surface area contributed by atoms with Crippen LogP contribution in [0.3, 0.4) is 0 Å². The number of sulfonamides is 1. The van der Waals surface area contributed by atoms with Crippen LogP contribution in [0.5, 0.6) is 0 Å². The van der Waals surface area contributed by atoms with E-state index < -0.39 is 10.0 Å². The highest BCUT2D eigenvalue weighted by Gasteiger charge is 2.07. The molecule has 0 bridgehead atoms. The molecule has 0 radical (unpaired) electrons. The number of pyridine rings is 1. The molecule has 94 valence electrons. The summed E-state index contributed by atoms with van der Waals surface area (Å²) < 4.78 is 24.1. The predicted molar refractivity (Wildman–Crippen MR) is 63.9 cm³/mol. The van der Waals surface area contributed by atoms with Crippen molar-refractivity contribution < 1.29 is 13.2 Å². The van der Waals surface area contributed by atoms with Crippen LogP contribution in [0, 0.1) is 0 Å². The molecule has 0 aliphatic carbocycles. The first-order valence-corrected chi connectivity index (χ1v) is 6.99. The van der Waals surface area contributed by atoms with Crippen LogP contribution in [0.25, 0.3) is 0 Å². The molecular weight excluding hydrogens is 242 g/mol. The summed E-state index contributed by atoms with van der Waals surface area (Å²) in [6, 6.07) is 3.14. The second-order valence-corrected chi connectivity index (χ2v) is 5.32. The largest absolute Gasteiger partial charge is 0.352 e. The number of nitrogens with zero attached hydrogens (tertiary/aromatic N) is 1. The number of amides is 1. The Morgan fingerprint density at radius 1 is 1.47 bits per heavy atom. The van der Waals surface area contributed by atoms with Gasteiger partial charge in [-0.1, -0.05) is 0 Å². The van der Waals surface area contributed by atoms with E-state index in [-0.39, 0.29) is 12.5 Å². The monoisotopic (exact) mass is 257 g/mol. The molecular formula is C10H15N3O3S. The molecule has 0 aliphatic heterocycles. The summed E-state index contributed by atoms with van der Waals surface area (Å²) in [6.07, 6.45) is 2.55. The van der Waals surface area contributed by atoms with Gasteiger partial charge >= 0.3 is 0 Å². The lowest BCUT2D eigenvalue weighted by Crippen LogP contribution is -2.24. The molecule has 0 saturated carbocycles. The first-order chi connectivity index (χ1) is 7.92. The third-order valence-electron chi connectivity index (χ3n) is 1.93. The minimum Gasteiger partial charge on any atom is -0.352 e. The van der Waals surface area contributed by atoms with Crippen LogP contribution in [0.2, 0.25) is 0 Å². The molecule has 1 amide bonds. The second kappa shape index (κ2) is 5.74. The third-order valence-corrected chi connectivity index (χ3v) is 2.60. The fourth-order valence-corrected chi connectivity index (χ4v) is 1.59. The zero-order valence-corrected chi connectivity index (χ0v) is 10.5. The highest BCUT2D eigenvalue weighted by Crippen LogP contribution is 2.02. The predicted octanol–water partition coefficient (Wildman–Crippen LogP) is -0.119. The van der Waals surface area contributed by atoms with Crippen molar-refractivity contribution in [1.29, 1.82) is 0 Å². The van der Waals surface area contributed by atoms with Gasteiger partial charge in [-0.15, -0.1) is 0 Å². The SMILES string of the molecule is CCNC(=O)c1ccnc(CNS(C)(=O)=O)c1. The molecule has 0 unspecified atom stereocenters. The van der Waals surface area contributed by atoms with E-state index in [4.69, 9.17) is 0 Å². The van der Waals surface area contributed by atoms with Gasteiger partial charge in [0.25, 0.3) is 5.91 Å². The smallest absolute Gasteiger partial charge is 0.251 e. The van der Waals surface area contributed by atoms with Gasteiger partial charge in [0.05, 0.1) is 18.5 Å². The molecule has 0 aromatic carbocycles. The summed E-state index contributed by atoms with van der Waals surface area (Å²) in [4.78, 5) is 15.5. The summed E-state index contributed by atoms with van der Waals surface area (Å²) in [5.74, 6) is -0.199. The molecule has 2 N–H and O–H groups in total. The molecule has 1 aromatic heterocycles. The summed E-state index contributed by atoms with van der Waals surface area (Å²) >= 11 is 0. The van der Waals surface area contributed by atoms with Crippen molar-refractivity contribution in [2.75, 3.05) is 12.8 Å². The van der Waals surface area contributed by atoms with Crippen LogP contribution >= 0.6 is 0 Å². The lowest BCUT2D eigenvalue weighted by molar-refractivity contribution is 0.0955. The van der Waals surface area contributed by atoms with E-state index in [1.165, 1.54) is 6.20 Å². The van der Waals surface area contributed by atoms with Gasteiger partial charge in [-0.3, -0.25) is 9.78 Å². The van der Waals surface area contributed by atoms with E-state index in [1.807, 2.05) is 6.92 Å².